The van der Waals surface area contributed by atoms with E-state index in [-0.39, 0.29) is 5.82 Å². The van der Waals surface area contributed by atoms with Gasteiger partial charge in [0.05, 0.1) is 22.4 Å². The summed E-state index contributed by atoms with van der Waals surface area (Å²) in [6, 6.07) is 9.52. The summed E-state index contributed by atoms with van der Waals surface area (Å²) in [5.41, 5.74) is 4.48. The third-order valence-electron chi connectivity index (χ3n) is 5.41. The Balaban J connectivity index is 1.87. The first-order chi connectivity index (χ1) is 12.9. The van der Waals surface area contributed by atoms with Gasteiger partial charge >= 0.3 is 0 Å². The van der Waals surface area contributed by atoms with Crippen LogP contribution in [0.3, 0.4) is 0 Å². The molecule has 0 aliphatic carbocycles. The lowest BCUT2D eigenvalue weighted by Crippen LogP contribution is -2.36. The highest BCUT2D eigenvalue weighted by Crippen LogP contribution is 2.43. The number of nitrogens with one attached hydrogen (secondary N) is 2. The Morgan fingerprint density at radius 2 is 1.93 bits per heavy atom. The number of aryl methyl sites for hydroxylation is 1. The number of benzene rings is 2. The third kappa shape index (κ3) is 2.10. The van der Waals surface area contributed by atoms with Crippen LogP contribution < -0.4 is 5.32 Å². The van der Waals surface area contributed by atoms with Gasteiger partial charge in [0.2, 0.25) is 0 Å². The van der Waals surface area contributed by atoms with Crippen molar-refractivity contribution < 1.29 is 4.39 Å². The first kappa shape index (κ1) is 16.1. The van der Waals surface area contributed by atoms with E-state index in [1.165, 1.54) is 0 Å². The van der Waals surface area contributed by atoms with Gasteiger partial charge in [-0.3, -0.25) is 4.57 Å². The maximum Gasteiger partial charge on any atom is 0.162 e. The van der Waals surface area contributed by atoms with Gasteiger partial charge in [-0.25, -0.2) is 4.39 Å². The van der Waals surface area contributed by atoms with Crippen molar-refractivity contribution in [1.29, 1.82) is 0 Å². The predicted molar refractivity (Wildman–Crippen MR) is 105 cm³/mol. The van der Waals surface area contributed by atoms with Gasteiger partial charge in [0, 0.05) is 17.3 Å². The van der Waals surface area contributed by atoms with Crippen molar-refractivity contribution in [2.75, 3.05) is 5.32 Å². The number of fused-ring (bicyclic) bond motifs is 4. The van der Waals surface area contributed by atoms with Crippen LogP contribution in [0, 0.1) is 19.7 Å². The highest BCUT2D eigenvalue weighted by molar-refractivity contribution is 5.96. The molecule has 1 aliphatic rings. The fourth-order valence-corrected chi connectivity index (χ4v) is 4.20. The normalized spacial score (nSPS) is 14.7. The molecule has 5 nitrogen and oxygen atoms in total. The quantitative estimate of drug-likeness (QED) is 0.510. The van der Waals surface area contributed by atoms with Crippen LogP contribution >= 0.6 is 0 Å². The van der Waals surface area contributed by atoms with Crippen LogP contribution in [0.25, 0.3) is 27.7 Å². The van der Waals surface area contributed by atoms with Crippen molar-refractivity contribution in [1.82, 2.24) is 19.7 Å². The summed E-state index contributed by atoms with van der Waals surface area (Å²) in [5.74, 6) is 1.37. The van der Waals surface area contributed by atoms with Crippen molar-refractivity contribution in [2.24, 2.45) is 0 Å². The van der Waals surface area contributed by atoms with Gasteiger partial charge in [0.15, 0.2) is 5.82 Å². The molecule has 3 heterocycles. The van der Waals surface area contributed by atoms with Crippen molar-refractivity contribution in [3.63, 3.8) is 0 Å². The summed E-state index contributed by atoms with van der Waals surface area (Å²) < 4.78 is 17.4. The number of para-hydroxylation sites is 1. The topological polar surface area (TPSA) is 58.5 Å². The van der Waals surface area contributed by atoms with E-state index in [0.29, 0.717) is 5.56 Å². The minimum Gasteiger partial charge on any atom is -0.371 e. The molecule has 0 saturated heterocycles. The second-order valence-corrected chi connectivity index (χ2v) is 7.66. The zero-order valence-electron chi connectivity index (χ0n) is 15.7. The van der Waals surface area contributed by atoms with E-state index in [9.17, 15) is 0 Å². The average molecular weight is 361 g/mol. The minimum atomic E-state index is -0.436. The SMILES string of the molecule is Cc1c(-c2cccc3cc[nH]c23)c(F)cc2c1-n1c(C)nnc1C(C)(C)N2. The largest absolute Gasteiger partial charge is 0.371 e. The highest BCUT2D eigenvalue weighted by atomic mass is 19.1. The lowest BCUT2D eigenvalue weighted by Gasteiger charge is -2.35. The van der Waals surface area contributed by atoms with E-state index < -0.39 is 5.54 Å². The molecule has 2 aromatic carbocycles. The number of H-pyrrole nitrogens is 1. The van der Waals surface area contributed by atoms with Crippen LogP contribution in [-0.4, -0.2) is 19.7 Å². The number of hydrogen-bond acceptors (Lipinski definition) is 3. The second kappa shape index (κ2) is 5.19. The van der Waals surface area contributed by atoms with Crippen molar-refractivity contribution in [3.05, 3.63) is 59.6 Å². The Labute approximate surface area is 156 Å². The summed E-state index contributed by atoms with van der Waals surface area (Å²) in [6.45, 7) is 7.94. The molecule has 136 valence electrons. The van der Waals surface area contributed by atoms with Gasteiger partial charge in [-0.1, -0.05) is 18.2 Å². The number of nitrogens with zero attached hydrogens (tertiary/aromatic N) is 3. The standard InChI is InChI=1S/C21H20FN5/c1-11-17(14-7-5-6-13-8-9-23-18(13)14)15(22)10-16-19(11)27-12(2)25-26-20(27)21(3,4)24-16/h5-10,23-24H,1-4H3. The molecule has 1 aliphatic heterocycles. The fourth-order valence-electron chi connectivity index (χ4n) is 4.20. The maximum atomic E-state index is 15.3. The van der Waals surface area contributed by atoms with Crippen LogP contribution in [-0.2, 0) is 5.54 Å². The van der Waals surface area contributed by atoms with Crippen molar-refractivity contribution >= 4 is 16.6 Å². The Morgan fingerprint density at radius 1 is 1.11 bits per heavy atom. The molecule has 6 heteroatoms. The molecule has 2 aromatic heterocycles. The number of anilines is 1. The lowest BCUT2D eigenvalue weighted by atomic mass is 9.92. The van der Waals surface area contributed by atoms with E-state index in [1.807, 2.05) is 62.7 Å². The molecule has 0 atom stereocenters. The maximum absolute atomic E-state index is 15.3. The van der Waals surface area contributed by atoms with Gasteiger partial charge < -0.3 is 10.3 Å². The second-order valence-electron chi connectivity index (χ2n) is 7.66. The monoisotopic (exact) mass is 361 g/mol. The molecule has 4 aromatic rings. The van der Waals surface area contributed by atoms with E-state index in [0.717, 1.165) is 45.1 Å². The molecular weight excluding hydrogens is 341 g/mol. The summed E-state index contributed by atoms with van der Waals surface area (Å²) >= 11 is 0. The number of hydrogen-bond donors (Lipinski definition) is 2. The van der Waals surface area contributed by atoms with Crippen LogP contribution in [0.2, 0.25) is 0 Å². The molecule has 0 saturated carbocycles. The van der Waals surface area contributed by atoms with Crippen LogP contribution in [0.1, 0.15) is 31.1 Å². The molecule has 0 radical (unpaired) electrons. The third-order valence-corrected chi connectivity index (χ3v) is 5.41. The van der Waals surface area contributed by atoms with Gasteiger partial charge in [-0.2, -0.15) is 0 Å². The molecule has 0 fully saturated rings. The highest BCUT2D eigenvalue weighted by Gasteiger charge is 2.36. The van der Waals surface area contributed by atoms with Gasteiger partial charge in [-0.05, 0) is 50.8 Å². The molecule has 5 rings (SSSR count). The van der Waals surface area contributed by atoms with Gasteiger partial charge in [0.1, 0.15) is 11.6 Å². The number of aromatic amines is 1. The fraction of sp³-hybridized carbons (Fsp3) is 0.238. The number of rotatable bonds is 1. The summed E-state index contributed by atoms with van der Waals surface area (Å²) in [5, 5.41) is 13.1. The smallest absolute Gasteiger partial charge is 0.162 e. The Kier molecular flexibility index (Phi) is 3.09. The van der Waals surface area contributed by atoms with Gasteiger partial charge in [0.25, 0.3) is 0 Å². The lowest BCUT2D eigenvalue weighted by molar-refractivity contribution is 0.532. The van der Waals surface area contributed by atoms with Crippen molar-refractivity contribution in [2.45, 2.75) is 33.2 Å². The molecular formula is C21H20FN5. The average Bonchev–Trinajstić information content (AvgIpc) is 3.22. The zero-order valence-corrected chi connectivity index (χ0v) is 15.7. The predicted octanol–water partition coefficient (Wildman–Crippen LogP) is 4.83. The number of halogens is 1. The number of aromatic nitrogens is 4. The Bertz CT molecular complexity index is 1220. The van der Waals surface area contributed by atoms with Gasteiger partial charge in [-0.15, -0.1) is 10.2 Å². The molecule has 0 unspecified atom stereocenters. The molecule has 27 heavy (non-hydrogen) atoms. The van der Waals surface area contributed by atoms with Crippen molar-refractivity contribution in [3.8, 4) is 16.8 Å². The van der Waals surface area contributed by atoms with E-state index in [1.54, 1.807) is 6.07 Å². The van der Waals surface area contributed by atoms with Crippen LogP contribution in [0.5, 0.6) is 0 Å². The van der Waals surface area contributed by atoms with E-state index in [2.05, 4.69) is 20.5 Å². The van der Waals surface area contributed by atoms with Crippen LogP contribution in [0.15, 0.2) is 36.5 Å². The van der Waals surface area contributed by atoms with Crippen LogP contribution in [0.4, 0.5) is 10.1 Å². The first-order valence-corrected chi connectivity index (χ1v) is 8.99. The Morgan fingerprint density at radius 3 is 2.74 bits per heavy atom. The first-order valence-electron chi connectivity index (χ1n) is 8.99. The summed E-state index contributed by atoms with van der Waals surface area (Å²) in [4.78, 5) is 3.25. The molecule has 0 bridgehead atoms. The summed E-state index contributed by atoms with van der Waals surface area (Å²) in [6.07, 6.45) is 1.88. The molecule has 0 amide bonds. The van der Waals surface area contributed by atoms with E-state index in [4.69, 9.17) is 0 Å². The minimum absolute atomic E-state index is 0.245. The molecule has 0 spiro atoms. The Hall–Kier alpha value is -3.15. The molecule has 2 N–H and O–H groups in total. The summed E-state index contributed by atoms with van der Waals surface area (Å²) in [7, 11) is 0. The van der Waals surface area contributed by atoms with E-state index >= 15 is 4.39 Å². The zero-order chi connectivity index (χ0) is 18.9.